The Bertz CT molecular complexity index is 2320. The number of benzene rings is 1. The van der Waals surface area contributed by atoms with Crippen molar-refractivity contribution in [3.05, 3.63) is 64.2 Å². The van der Waals surface area contributed by atoms with Crippen LogP contribution in [0.25, 0.3) is 15.8 Å². The van der Waals surface area contributed by atoms with Gasteiger partial charge in [0.25, 0.3) is 0 Å². The minimum Gasteiger partial charge on any atom is -0.476 e. The number of aliphatic hydroxyl groups is 2. The Morgan fingerprint density at radius 3 is 2.58 bits per heavy atom. The number of hydrogen-bond donors (Lipinski definition) is 7. The molecule has 1 aliphatic heterocycles. The number of thiazole rings is 1. The van der Waals surface area contributed by atoms with Crippen LogP contribution in [0.5, 0.6) is 0 Å². The molecule has 1 aromatic carbocycles. The first kappa shape index (κ1) is 42.1. The summed E-state index contributed by atoms with van der Waals surface area (Å²) in [6.07, 6.45) is 8.83. The van der Waals surface area contributed by atoms with E-state index in [1.165, 1.54) is 30.0 Å². The van der Waals surface area contributed by atoms with Gasteiger partial charge in [-0.2, -0.15) is 0 Å². The largest absolute Gasteiger partial charge is 0.476 e. The van der Waals surface area contributed by atoms with Crippen molar-refractivity contribution in [2.45, 2.75) is 97.2 Å². The quantitative estimate of drug-likeness (QED) is 0.0428. The average Bonchev–Trinajstić information content (AvgIpc) is 3.62. The van der Waals surface area contributed by atoms with Crippen molar-refractivity contribution in [1.29, 1.82) is 5.41 Å². The van der Waals surface area contributed by atoms with Crippen molar-refractivity contribution < 1.29 is 29.2 Å². The predicted octanol–water partition coefficient (Wildman–Crippen LogP) is 6.89. The lowest BCUT2D eigenvalue weighted by molar-refractivity contribution is -0.242. The molecule has 2 unspecified atom stereocenters. The van der Waals surface area contributed by atoms with Crippen molar-refractivity contribution in [3.8, 4) is 0 Å². The van der Waals surface area contributed by atoms with E-state index >= 15 is 0 Å². The minimum absolute atomic E-state index is 0.0223. The molecular weight excluding hydrogens is 786 g/mol. The van der Waals surface area contributed by atoms with Crippen LogP contribution < -0.4 is 20.9 Å². The summed E-state index contributed by atoms with van der Waals surface area (Å²) in [6, 6.07) is 8.34. The SMILES string of the molecule is C/C(NCC12CC3(C)CC(C)(C1)CC(OCCNCC[C@H](O)CO)(C3)C2)=C(/C=N)c1ccc(N2CCCc3c2nnc(Nc2nc4cccc(F)c4s2)c3C)nc1C(=O)O. The molecule has 3 atom stereocenters. The lowest BCUT2D eigenvalue weighted by Crippen LogP contribution is -2.65. The van der Waals surface area contributed by atoms with Crippen LogP contribution in [0.1, 0.15) is 99.3 Å². The van der Waals surface area contributed by atoms with Gasteiger partial charge in [-0.05, 0) is 119 Å². The summed E-state index contributed by atoms with van der Waals surface area (Å²) >= 11 is 1.21. The first-order chi connectivity index (χ1) is 28.7. The second-order valence-corrected chi connectivity index (χ2v) is 19.5. The summed E-state index contributed by atoms with van der Waals surface area (Å²) in [5, 5.41) is 57.6. The highest BCUT2D eigenvalue weighted by atomic mass is 32.1. The molecule has 60 heavy (non-hydrogen) atoms. The number of carboxylic acids is 1. The fourth-order valence-corrected chi connectivity index (χ4v) is 12.6. The average molecular weight is 842 g/mol. The zero-order chi connectivity index (χ0) is 42.5. The van der Waals surface area contributed by atoms with Gasteiger partial charge in [-0.25, -0.2) is 19.2 Å². The number of ether oxygens (including phenoxy) is 1. The molecule has 4 aromatic rings. The van der Waals surface area contributed by atoms with Gasteiger partial charge in [-0.3, -0.25) is 0 Å². The number of nitrogens with one attached hydrogen (secondary N) is 4. The van der Waals surface area contributed by atoms with Crippen LogP contribution in [-0.4, -0.2) is 98.8 Å². The molecule has 4 saturated carbocycles. The van der Waals surface area contributed by atoms with Crippen molar-refractivity contribution >= 4 is 61.9 Å². The van der Waals surface area contributed by atoms with Gasteiger partial charge in [0.1, 0.15) is 11.6 Å². The summed E-state index contributed by atoms with van der Waals surface area (Å²) < 4.78 is 21.6. The van der Waals surface area contributed by atoms with Crippen LogP contribution in [0.4, 0.5) is 27.0 Å². The van der Waals surface area contributed by atoms with Crippen LogP contribution in [-0.2, 0) is 11.2 Å². The molecule has 0 spiro atoms. The Labute approximate surface area is 353 Å². The molecule has 5 aliphatic rings. The van der Waals surface area contributed by atoms with Crippen LogP contribution in [0.15, 0.2) is 36.0 Å². The summed E-state index contributed by atoms with van der Waals surface area (Å²) in [5.41, 5.74) is 3.84. The summed E-state index contributed by atoms with van der Waals surface area (Å²) in [7, 11) is 0. The maximum absolute atomic E-state index is 14.4. The van der Waals surface area contributed by atoms with E-state index in [2.05, 4.69) is 50.0 Å². The van der Waals surface area contributed by atoms with Gasteiger partial charge in [0.2, 0.25) is 0 Å². The molecular formula is C44H56FN9O5S. The Balaban J connectivity index is 0.996. The number of halogens is 1. The molecule has 0 amide bonds. The lowest BCUT2D eigenvalue weighted by Gasteiger charge is -2.69. The lowest BCUT2D eigenvalue weighted by atomic mass is 9.39. The van der Waals surface area contributed by atoms with E-state index in [0.29, 0.717) is 83.1 Å². The Morgan fingerprint density at radius 2 is 1.87 bits per heavy atom. The second-order valence-electron chi connectivity index (χ2n) is 18.5. The van der Waals surface area contributed by atoms with Crippen LogP contribution in [0.2, 0.25) is 0 Å². The third-order valence-electron chi connectivity index (χ3n) is 13.1. The topological polar surface area (TPSA) is 202 Å². The Hall–Kier alpha value is -4.61. The van der Waals surface area contributed by atoms with Gasteiger partial charge in [0.05, 0.1) is 35.1 Å². The molecule has 9 rings (SSSR count). The van der Waals surface area contributed by atoms with Crippen molar-refractivity contribution in [3.63, 3.8) is 0 Å². The van der Waals surface area contributed by atoms with Crippen LogP contribution in [0, 0.1) is 34.4 Å². The van der Waals surface area contributed by atoms with Gasteiger partial charge in [0.15, 0.2) is 22.5 Å². The normalized spacial score (nSPS) is 26.5. The van der Waals surface area contributed by atoms with E-state index < -0.39 is 12.1 Å². The molecule has 14 nitrogen and oxygen atoms in total. The molecule has 320 valence electrons. The highest BCUT2D eigenvalue weighted by Gasteiger charge is 2.66. The summed E-state index contributed by atoms with van der Waals surface area (Å²) in [5.74, 6) is 0.0409. The van der Waals surface area contributed by atoms with Crippen LogP contribution in [0.3, 0.4) is 0 Å². The van der Waals surface area contributed by atoms with Gasteiger partial charge in [0, 0.05) is 53.8 Å². The zero-order valence-electron chi connectivity index (χ0n) is 34.8. The second kappa shape index (κ2) is 16.3. The van der Waals surface area contributed by atoms with E-state index in [4.69, 9.17) is 15.3 Å². The van der Waals surface area contributed by atoms with Crippen molar-refractivity contribution in [1.82, 2.24) is 30.8 Å². The molecule has 7 N–H and O–H groups in total. The predicted molar refractivity (Wildman–Crippen MR) is 231 cm³/mol. The molecule has 4 aliphatic carbocycles. The number of carboxylic acid groups (broad SMARTS) is 1. The van der Waals surface area contributed by atoms with E-state index in [1.54, 1.807) is 24.3 Å². The Morgan fingerprint density at radius 1 is 1.08 bits per heavy atom. The highest BCUT2D eigenvalue weighted by Crippen LogP contribution is 2.71. The number of carbonyl (C=O) groups is 1. The monoisotopic (exact) mass is 841 g/mol. The third kappa shape index (κ3) is 8.24. The number of aromatic nitrogens is 4. The number of fused-ring (bicyclic) bond motifs is 2. The number of rotatable bonds is 17. The molecule has 4 heterocycles. The highest BCUT2D eigenvalue weighted by molar-refractivity contribution is 7.22. The smallest absolute Gasteiger partial charge is 0.355 e. The third-order valence-corrected chi connectivity index (χ3v) is 14.1. The van der Waals surface area contributed by atoms with Crippen molar-refractivity contribution in [2.24, 2.45) is 16.2 Å². The summed E-state index contributed by atoms with van der Waals surface area (Å²) in [4.78, 5) is 24.0. The van der Waals surface area contributed by atoms with Gasteiger partial charge < -0.3 is 46.3 Å². The fourth-order valence-electron chi connectivity index (χ4n) is 11.8. The molecule has 3 aromatic heterocycles. The van der Waals surface area contributed by atoms with E-state index in [9.17, 15) is 19.4 Å². The van der Waals surface area contributed by atoms with Crippen molar-refractivity contribution in [2.75, 3.05) is 49.6 Å². The number of pyridine rings is 1. The van der Waals surface area contributed by atoms with E-state index in [1.807, 2.05) is 18.7 Å². The molecule has 16 heteroatoms. The molecule has 0 saturated heterocycles. The molecule has 0 radical (unpaired) electrons. The number of aromatic carboxylic acids is 1. The number of anilines is 4. The van der Waals surface area contributed by atoms with Gasteiger partial charge in [-0.15, -0.1) is 10.2 Å². The first-order valence-electron chi connectivity index (χ1n) is 21.0. The number of nitrogens with zero attached hydrogens (tertiary/aromatic N) is 5. The van der Waals surface area contributed by atoms with Crippen LogP contribution >= 0.6 is 11.3 Å². The maximum atomic E-state index is 14.4. The first-order valence-corrected chi connectivity index (χ1v) is 21.8. The maximum Gasteiger partial charge on any atom is 0.355 e. The summed E-state index contributed by atoms with van der Waals surface area (Å²) in [6.45, 7) is 11.5. The minimum atomic E-state index is -1.19. The number of hydrogen-bond acceptors (Lipinski definition) is 14. The number of allylic oxidation sites excluding steroid dienone is 2. The fraction of sp³-hybridized carbons (Fsp3) is 0.545. The standard InChI is InChI=1S/C44H56FN9O5S/c1-26-29-7-6-15-54(38(29)53-52-37(26)51-40-49-33-9-5-8-32(45)36(33)60-40)34-11-10-30(35(50-34)39(57)58)31(17-46)27(2)48-25-43-20-41(3)19-42(4,21-43)23-44(22-41,24-43)59-16-14-47-13-12-28(56)18-55/h5,8-11,17,28,46-48,55-56H,6-7,12-16,18-25H2,1-4H3,(H,57,58)(H,49,51,52)/b31-27+,46-17?/t28-,41?,42?,43?,44?/m0/s1. The molecule has 4 fully saturated rings. The zero-order valence-corrected chi connectivity index (χ0v) is 35.6. The van der Waals surface area contributed by atoms with E-state index in [-0.39, 0.29) is 40.0 Å². The Kier molecular flexibility index (Phi) is 11.5. The number of aliphatic hydroxyl groups excluding tert-OH is 2. The van der Waals surface area contributed by atoms with Gasteiger partial charge in [-0.1, -0.05) is 31.3 Å². The van der Waals surface area contributed by atoms with E-state index in [0.717, 1.165) is 61.8 Å². The van der Waals surface area contributed by atoms with Gasteiger partial charge >= 0.3 is 5.97 Å². The molecule has 4 bridgehead atoms.